The van der Waals surface area contributed by atoms with Crippen LogP contribution in [0.2, 0.25) is 5.02 Å². The number of anilines is 2. The highest BCUT2D eigenvalue weighted by molar-refractivity contribution is 6.31. The molecule has 0 aromatic heterocycles. The minimum Gasteiger partial charge on any atom is -0.478 e. The van der Waals surface area contributed by atoms with Gasteiger partial charge in [0.05, 0.1) is 11.4 Å². The molecule has 0 saturated carbocycles. The molecule has 2 heterocycles. The average Bonchev–Trinajstić information content (AvgIpc) is 2.76. The second kappa shape index (κ2) is 8.52. The van der Waals surface area contributed by atoms with Crippen LogP contribution in [-0.4, -0.2) is 55.5 Å². The van der Waals surface area contributed by atoms with Crippen LogP contribution in [0.4, 0.5) is 15.8 Å². The fourth-order valence-corrected chi connectivity index (χ4v) is 4.02. The molecule has 2 aromatic carbocycles. The van der Waals surface area contributed by atoms with Gasteiger partial charge in [-0.3, -0.25) is 14.5 Å². The third kappa shape index (κ3) is 3.94. The Hall–Kier alpha value is -2.80. The highest BCUT2D eigenvalue weighted by Gasteiger charge is 2.35. The molecule has 0 bridgehead atoms. The van der Waals surface area contributed by atoms with Crippen LogP contribution in [0.5, 0.6) is 5.75 Å². The van der Waals surface area contributed by atoms with E-state index in [9.17, 15) is 14.0 Å². The predicted molar refractivity (Wildman–Crippen MR) is 114 cm³/mol. The molecule has 30 heavy (non-hydrogen) atoms. The number of benzene rings is 2. The van der Waals surface area contributed by atoms with Crippen molar-refractivity contribution in [2.24, 2.45) is 0 Å². The van der Waals surface area contributed by atoms with E-state index in [-0.39, 0.29) is 24.2 Å². The molecule has 4 rings (SSSR count). The largest absolute Gasteiger partial charge is 0.478 e. The zero-order valence-electron chi connectivity index (χ0n) is 16.7. The molecule has 1 unspecified atom stereocenters. The Morgan fingerprint density at radius 3 is 2.57 bits per heavy atom. The lowest BCUT2D eigenvalue weighted by Gasteiger charge is -2.38. The number of hydrogen-bond acceptors (Lipinski definition) is 4. The van der Waals surface area contributed by atoms with E-state index < -0.39 is 6.10 Å². The predicted octanol–water partition coefficient (Wildman–Crippen LogP) is 3.33. The quantitative estimate of drug-likeness (QED) is 0.745. The Kier molecular flexibility index (Phi) is 5.81. The van der Waals surface area contributed by atoms with Gasteiger partial charge in [0.1, 0.15) is 18.1 Å². The number of hydrogen-bond donors (Lipinski definition) is 0. The number of para-hydroxylation sites is 1. The van der Waals surface area contributed by atoms with Crippen LogP contribution in [0, 0.1) is 5.82 Å². The first-order valence-electron chi connectivity index (χ1n) is 10.0. The second-order valence-electron chi connectivity index (χ2n) is 7.37. The number of carbonyl (C=O) groups excluding carboxylic acids is 2. The lowest BCUT2D eigenvalue weighted by molar-refractivity contribution is -0.133. The van der Waals surface area contributed by atoms with Gasteiger partial charge in [-0.15, -0.1) is 0 Å². The van der Waals surface area contributed by atoms with Crippen molar-refractivity contribution in [2.45, 2.75) is 19.4 Å². The van der Waals surface area contributed by atoms with Crippen molar-refractivity contribution in [3.63, 3.8) is 0 Å². The number of fused-ring (bicyclic) bond motifs is 1. The summed E-state index contributed by atoms with van der Waals surface area (Å²) in [6.07, 6.45) is -0.114. The molecule has 158 valence electrons. The van der Waals surface area contributed by atoms with Gasteiger partial charge in [0.25, 0.3) is 5.91 Å². The zero-order chi connectivity index (χ0) is 21.3. The lowest BCUT2D eigenvalue weighted by atomic mass is 10.1. The number of piperazine rings is 1. The van der Waals surface area contributed by atoms with E-state index in [1.807, 2.05) is 11.8 Å². The Balaban J connectivity index is 1.46. The molecule has 1 saturated heterocycles. The fourth-order valence-electron chi connectivity index (χ4n) is 3.86. The summed E-state index contributed by atoms with van der Waals surface area (Å²) in [6.45, 7) is 3.78. The summed E-state index contributed by atoms with van der Waals surface area (Å²) in [4.78, 5) is 30.9. The summed E-state index contributed by atoms with van der Waals surface area (Å²) in [5.74, 6) is -0.122. The number of ether oxygens (including phenoxy) is 1. The molecular formula is C22H23ClFN3O3. The average molecular weight is 432 g/mol. The summed E-state index contributed by atoms with van der Waals surface area (Å²) >= 11 is 6.11. The third-order valence-corrected chi connectivity index (χ3v) is 5.75. The van der Waals surface area contributed by atoms with Gasteiger partial charge in [-0.2, -0.15) is 0 Å². The van der Waals surface area contributed by atoms with Crippen molar-refractivity contribution in [2.75, 3.05) is 42.5 Å². The maximum Gasteiger partial charge on any atom is 0.268 e. The maximum atomic E-state index is 14.0. The first-order valence-corrected chi connectivity index (χ1v) is 10.4. The normalized spacial score (nSPS) is 18.8. The first kappa shape index (κ1) is 20.5. The smallest absolute Gasteiger partial charge is 0.268 e. The number of nitrogens with zero attached hydrogens (tertiary/aromatic N) is 3. The molecule has 2 aromatic rings. The monoisotopic (exact) mass is 431 g/mol. The molecule has 8 heteroatoms. The van der Waals surface area contributed by atoms with E-state index in [0.717, 1.165) is 0 Å². The van der Waals surface area contributed by atoms with Gasteiger partial charge >= 0.3 is 0 Å². The van der Waals surface area contributed by atoms with Crippen LogP contribution in [0.1, 0.15) is 13.3 Å². The lowest BCUT2D eigenvalue weighted by Crippen LogP contribution is -2.54. The molecule has 2 aliphatic heterocycles. The summed E-state index contributed by atoms with van der Waals surface area (Å²) in [5, 5.41) is 0.469. The van der Waals surface area contributed by atoms with E-state index in [4.69, 9.17) is 16.3 Å². The van der Waals surface area contributed by atoms with Gasteiger partial charge in [0.15, 0.2) is 6.10 Å². The molecule has 0 radical (unpaired) electrons. The van der Waals surface area contributed by atoms with Crippen molar-refractivity contribution in [1.29, 1.82) is 0 Å². The summed E-state index contributed by atoms with van der Waals surface area (Å²) in [7, 11) is 0. The Bertz CT molecular complexity index is 962. The van der Waals surface area contributed by atoms with Crippen molar-refractivity contribution >= 4 is 34.8 Å². The summed E-state index contributed by atoms with van der Waals surface area (Å²) in [5.41, 5.74) is 1.05. The molecule has 0 spiro atoms. The number of rotatable bonds is 4. The van der Waals surface area contributed by atoms with E-state index in [1.165, 1.54) is 11.0 Å². The molecule has 1 fully saturated rings. The van der Waals surface area contributed by atoms with Gasteiger partial charge in [-0.25, -0.2) is 4.39 Å². The molecule has 2 aliphatic rings. The van der Waals surface area contributed by atoms with Crippen molar-refractivity contribution in [3.05, 3.63) is 53.3 Å². The first-order chi connectivity index (χ1) is 14.5. The molecule has 1 atom stereocenters. The minimum absolute atomic E-state index is 0.0776. The van der Waals surface area contributed by atoms with E-state index in [0.29, 0.717) is 54.7 Å². The topological polar surface area (TPSA) is 53.1 Å². The Labute approximate surface area is 179 Å². The van der Waals surface area contributed by atoms with Crippen molar-refractivity contribution < 1.29 is 18.7 Å². The Morgan fingerprint density at radius 1 is 1.13 bits per heavy atom. The Morgan fingerprint density at radius 2 is 1.87 bits per heavy atom. The molecule has 0 N–H and O–H groups in total. The SMILES string of the molecule is CCC1Oc2ccc(Cl)cc2N(CC(=O)N2CCN(c3ccccc3F)CC2)C1=O. The number of amides is 2. The summed E-state index contributed by atoms with van der Waals surface area (Å²) in [6, 6.07) is 11.7. The molecular weight excluding hydrogens is 409 g/mol. The van der Waals surface area contributed by atoms with Gasteiger partial charge in [-0.05, 0) is 36.8 Å². The van der Waals surface area contributed by atoms with Crippen LogP contribution >= 0.6 is 11.6 Å². The van der Waals surface area contributed by atoms with Crippen molar-refractivity contribution in [3.8, 4) is 5.75 Å². The highest BCUT2D eigenvalue weighted by Crippen LogP contribution is 2.36. The van der Waals surface area contributed by atoms with Gasteiger partial charge in [0, 0.05) is 31.2 Å². The van der Waals surface area contributed by atoms with Gasteiger partial charge in [0.2, 0.25) is 5.91 Å². The highest BCUT2D eigenvalue weighted by atomic mass is 35.5. The molecule has 2 amide bonds. The van der Waals surface area contributed by atoms with Gasteiger partial charge < -0.3 is 14.5 Å². The van der Waals surface area contributed by atoms with Crippen molar-refractivity contribution in [1.82, 2.24) is 4.90 Å². The molecule has 6 nitrogen and oxygen atoms in total. The number of carbonyl (C=O) groups is 2. The number of halogens is 2. The van der Waals surface area contributed by atoms with Crippen LogP contribution in [0.3, 0.4) is 0 Å². The second-order valence-corrected chi connectivity index (χ2v) is 7.81. The molecule has 0 aliphatic carbocycles. The zero-order valence-corrected chi connectivity index (χ0v) is 17.4. The third-order valence-electron chi connectivity index (χ3n) is 5.51. The van der Waals surface area contributed by atoms with Gasteiger partial charge in [-0.1, -0.05) is 30.7 Å². The van der Waals surface area contributed by atoms with E-state index in [2.05, 4.69) is 0 Å². The van der Waals surface area contributed by atoms with Crippen LogP contribution in [0.15, 0.2) is 42.5 Å². The standard InChI is InChI=1S/C22H23ClFN3O3/c1-2-19-22(29)27(18-13-15(23)7-8-20(18)30-19)14-21(28)26-11-9-25(10-12-26)17-6-4-3-5-16(17)24/h3-8,13,19H,2,9-12,14H2,1H3. The summed E-state index contributed by atoms with van der Waals surface area (Å²) < 4.78 is 19.8. The van der Waals surface area contributed by atoms with Crippen LogP contribution in [-0.2, 0) is 9.59 Å². The van der Waals surface area contributed by atoms with E-state index in [1.54, 1.807) is 41.3 Å². The van der Waals surface area contributed by atoms with Crippen LogP contribution in [0.25, 0.3) is 0 Å². The maximum absolute atomic E-state index is 14.0. The van der Waals surface area contributed by atoms with Crippen LogP contribution < -0.4 is 14.5 Å². The minimum atomic E-state index is -0.621. The fraction of sp³-hybridized carbons (Fsp3) is 0.364. The van der Waals surface area contributed by atoms with E-state index >= 15 is 0 Å².